The molecule has 0 heterocycles. The molecule has 0 bridgehead atoms. The Labute approximate surface area is 389 Å². The number of para-hydroxylation sites is 3. The topological polar surface area (TPSA) is 6.48 Å². The van der Waals surface area contributed by atoms with Crippen LogP contribution in [0.3, 0.4) is 0 Å². The normalized spacial score (nSPS) is 12.3. The van der Waals surface area contributed by atoms with Crippen molar-refractivity contribution in [2.75, 3.05) is 9.80 Å². The van der Waals surface area contributed by atoms with E-state index in [2.05, 4.69) is 279 Å². The maximum Gasteiger partial charge on any atom is 0.0508 e. The second kappa shape index (κ2) is 17.1. The first-order valence-corrected chi connectivity index (χ1v) is 22.9. The lowest BCUT2D eigenvalue weighted by molar-refractivity contribution is 0.660. The molecule has 0 atom stereocenters. The van der Waals surface area contributed by atoms with Crippen LogP contribution in [-0.2, 0) is 5.41 Å². The van der Waals surface area contributed by atoms with Crippen LogP contribution in [0.1, 0.15) is 30.5 Å². The number of benzene rings is 10. The van der Waals surface area contributed by atoms with Crippen LogP contribution in [0.5, 0.6) is 0 Å². The van der Waals surface area contributed by atoms with Gasteiger partial charge in [0.25, 0.3) is 0 Å². The Morgan fingerprint density at radius 1 is 0.303 bits per heavy atom. The van der Waals surface area contributed by atoms with E-state index < -0.39 is 0 Å². The van der Waals surface area contributed by atoms with Gasteiger partial charge in [0.2, 0.25) is 0 Å². The monoisotopic (exact) mass is 846 g/mol. The number of hydrogen-bond acceptors (Lipinski definition) is 2. The summed E-state index contributed by atoms with van der Waals surface area (Å²) in [6, 6.07) is 90.4. The molecular weight excluding hydrogens is 797 g/mol. The predicted octanol–water partition coefficient (Wildman–Crippen LogP) is 17.9. The molecular formula is C64H50N2. The van der Waals surface area contributed by atoms with Gasteiger partial charge in [-0.25, -0.2) is 0 Å². The molecule has 2 nitrogen and oxygen atoms in total. The minimum atomic E-state index is -0.177. The van der Waals surface area contributed by atoms with E-state index in [1.54, 1.807) is 0 Å². The molecule has 2 heteroatoms. The number of hydrogen-bond donors (Lipinski definition) is 0. The number of anilines is 6. The van der Waals surface area contributed by atoms with Gasteiger partial charge in [-0.1, -0.05) is 184 Å². The van der Waals surface area contributed by atoms with E-state index >= 15 is 0 Å². The van der Waals surface area contributed by atoms with Crippen LogP contribution in [0, 0.1) is 6.92 Å². The summed E-state index contributed by atoms with van der Waals surface area (Å²) in [7, 11) is 0. The third-order valence-electron chi connectivity index (χ3n) is 13.4. The van der Waals surface area contributed by atoms with Crippen LogP contribution in [-0.4, -0.2) is 0 Å². The van der Waals surface area contributed by atoms with Gasteiger partial charge in [0.1, 0.15) is 0 Å². The molecule has 0 fully saturated rings. The zero-order chi connectivity index (χ0) is 44.6. The van der Waals surface area contributed by atoms with Crippen LogP contribution < -0.4 is 9.80 Å². The summed E-state index contributed by atoms with van der Waals surface area (Å²) in [6.07, 6.45) is 0. The van der Waals surface area contributed by atoms with Crippen molar-refractivity contribution in [2.24, 2.45) is 0 Å². The molecule has 66 heavy (non-hydrogen) atoms. The second-order valence-corrected chi connectivity index (χ2v) is 17.8. The van der Waals surface area contributed by atoms with E-state index in [0.29, 0.717) is 0 Å². The fourth-order valence-corrected chi connectivity index (χ4v) is 10.2. The average molecular weight is 847 g/mol. The smallest absolute Gasteiger partial charge is 0.0508 e. The molecule has 10 aromatic carbocycles. The first-order chi connectivity index (χ1) is 32.4. The zero-order valence-electron chi connectivity index (χ0n) is 37.6. The summed E-state index contributed by atoms with van der Waals surface area (Å²) in [4.78, 5) is 4.76. The summed E-state index contributed by atoms with van der Waals surface area (Å²) >= 11 is 0. The van der Waals surface area contributed by atoms with Crippen LogP contribution >= 0.6 is 0 Å². The lowest BCUT2D eigenvalue weighted by Crippen LogP contribution is -2.20. The summed E-state index contributed by atoms with van der Waals surface area (Å²) < 4.78 is 0. The van der Waals surface area contributed by atoms with E-state index in [1.807, 2.05) is 0 Å². The molecule has 0 amide bonds. The molecule has 0 aliphatic heterocycles. The van der Waals surface area contributed by atoms with Gasteiger partial charge in [0, 0.05) is 33.9 Å². The van der Waals surface area contributed by atoms with Gasteiger partial charge in [-0.3, -0.25) is 0 Å². The first kappa shape index (κ1) is 40.6. The standard InChI is InChI=1S/C64H50N2/c1-45-21-19-33-60-62(45)55-32-20-34-61(63(55)64(60,2)3)66(52-30-17-8-18-31-52)54-41-37-49(38-42-54)59-44-56(46-22-9-4-10-23-46)58(43-57(59)47-24-11-5-12-25-47)48-35-39-53(40-36-48)65(50-26-13-6-14-27-50)51-28-15-7-16-29-51/h4-44H,1-3H3. The minimum Gasteiger partial charge on any atom is -0.311 e. The lowest BCUT2D eigenvalue weighted by atomic mass is 9.81. The molecule has 0 unspecified atom stereocenters. The van der Waals surface area contributed by atoms with Crippen molar-refractivity contribution in [1.82, 2.24) is 0 Å². The van der Waals surface area contributed by atoms with Gasteiger partial charge in [-0.2, -0.15) is 0 Å². The van der Waals surface area contributed by atoms with E-state index in [1.165, 1.54) is 66.9 Å². The van der Waals surface area contributed by atoms with E-state index in [-0.39, 0.29) is 5.41 Å². The molecule has 0 aromatic heterocycles. The van der Waals surface area contributed by atoms with Gasteiger partial charge >= 0.3 is 0 Å². The van der Waals surface area contributed by atoms with Gasteiger partial charge in [0.05, 0.1) is 5.69 Å². The third-order valence-corrected chi connectivity index (χ3v) is 13.4. The number of fused-ring (bicyclic) bond motifs is 3. The molecule has 0 spiro atoms. The zero-order valence-corrected chi connectivity index (χ0v) is 37.6. The Morgan fingerprint density at radius 2 is 0.667 bits per heavy atom. The number of nitrogens with zero attached hydrogens (tertiary/aromatic N) is 2. The van der Waals surface area contributed by atoms with E-state index in [0.717, 1.165) is 39.6 Å². The quantitative estimate of drug-likeness (QED) is 0.135. The highest BCUT2D eigenvalue weighted by Crippen LogP contribution is 2.55. The molecule has 0 radical (unpaired) electrons. The Kier molecular flexibility index (Phi) is 10.5. The summed E-state index contributed by atoms with van der Waals surface area (Å²) in [6.45, 7) is 7.00. The van der Waals surface area contributed by atoms with Crippen molar-refractivity contribution in [3.63, 3.8) is 0 Å². The van der Waals surface area contributed by atoms with Gasteiger partial charge in [-0.15, -0.1) is 0 Å². The van der Waals surface area contributed by atoms with E-state index in [4.69, 9.17) is 0 Å². The molecule has 0 saturated carbocycles. The summed E-state index contributed by atoms with van der Waals surface area (Å²) in [5, 5.41) is 0. The van der Waals surface area contributed by atoms with Gasteiger partial charge in [0.15, 0.2) is 0 Å². The van der Waals surface area contributed by atoms with Crippen LogP contribution in [0.15, 0.2) is 249 Å². The Hall–Kier alpha value is -8.20. The SMILES string of the molecule is Cc1cccc2c1-c1cccc(N(c3ccccc3)c3ccc(-c4cc(-c5ccccc5)c(-c5ccc(N(c6ccccc6)c6ccccc6)cc5)cc4-c4ccccc4)cc3)c1C2(C)C. The van der Waals surface area contributed by atoms with Gasteiger partial charge in [-0.05, 0) is 158 Å². The van der Waals surface area contributed by atoms with Crippen molar-refractivity contribution in [3.05, 3.63) is 265 Å². The highest BCUT2D eigenvalue weighted by atomic mass is 15.1. The molecule has 0 saturated heterocycles. The second-order valence-electron chi connectivity index (χ2n) is 17.8. The minimum absolute atomic E-state index is 0.177. The molecule has 10 aromatic rings. The third kappa shape index (κ3) is 7.27. The van der Waals surface area contributed by atoms with Crippen LogP contribution in [0.2, 0.25) is 0 Å². The Bertz CT molecular complexity index is 3250. The first-order valence-electron chi connectivity index (χ1n) is 22.9. The van der Waals surface area contributed by atoms with E-state index in [9.17, 15) is 0 Å². The summed E-state index contributed by atoms with van der Waals surface area (Å²) in [5.41, 5.74) is 22.8. The average Bonchev–Trinajstić information content (AvgIpc) is 3.62. The van der Waals surface area contributed by atoms with Crippen molar-refractivity contribution < 1.29 is 0 Å². The van der Waals surface area contributed by atoms with Crippen molar-refractivity contribution in [1.29, 1.82) is 0 Å². The molecule has 316 valence electrons. The highest BCUT2D eigenvalue weighted by molar-refractivity contribution is 5.97. The number of aryl methyl sites for hydroxylation is 1. The van der Waals surface area contributed by atoms with Gasteiger partial charge < -0.3 is 9.80 Å². The van der Waals surface area contributed by atoms with Crippen LogP contribution in [0.25, 0.3) is 55.6 Å². The number of rotatable bonds is 10. The highest BCUT2D eigenvalue weighted by Gasteiger charge is 2.39. The maximum absolute atomic E-state index is 2.45. The predicted molar refractivity (Wildman–Crippen MR) is 280 cm³/mol. The van der Waals surface area contributed by atoms with Crippen LogP contribution in [0.4, 0.5) is 34.1 Å². The summed E-state index contributed by atoms with van der Waals surface area (Å²) in [5.74, 6) is 0. The maximum atomic E-state index is 2.45. The Balaban J connectivity index is 1.05. The molecule has 11 rings (SSSR count). The lowest BCUT2D eigenvalue weighted by Gasteiger charge is -2.32. The fraction of sp³-hybridized carbons (Fsp3) is 0.0625. The van der Waals surface area contributed by atoms with Crippen molar-refractivity contribution in [2.45, 2.75) is 26.2 Å². The molecule has 0 N–H and O–H groups in total. The van der Waals surface area contributed by atoms with Crippen molar-refractivity contribution >= 4 is 34.1 Å². The molecule has 1 aliphatic rings. The molecule has 1 aliphatic carbocycles. The van der Waals surface area contributed by atoms with Crippen molar-refractivity contribution in [3.8, 4) is 55.6 Å². The fourth-order valence-electron chi connectivity index (χ4n) is 10.2. The largest absolute Gasteiger partial charge is 0.311 e. The Morgan fingerprint density at radius 3 is 1.12 bits per heavy atom.